The van der Waals surface area contributed by atoms with Crippen LogP contribution in [-0.4, -0.2) is 36.1 Å². The van der Waals surface area contributed by atoms with Crippen LogP contribution < -0.4 is 15.5 Å². The molecule has 2 N–H and O–H groups in total. The maximum Gasteiger partial charge on any atom is 0.140 e. The minimum atomic E-state index is 0.228. The molecular formula is C23H31N5. The molecule has 1 aliphatic carbocycles. The number of hydrogen-bond donors (Lipinski definition) is 2. The first-order valence-electron chi connectivity index (χ1n) is 10.9. The molecule has 2 aliphatic heterocycles. The second-order valence-corrected chi connectivity index (χ2v) is 8.71. The molecule has 1 unspecified atom stereocenters. The van der Waals surface area contributed by atoms with Crippen molar-refractivity contribution in [2.24, 2.45) is 0 Å². The van der Waals surface area contributed by atoms with E-state index in [1.807, 2.05) is 0 Å². The van der Waals surface area contributed by atoms with Gasteiger partial charge in [-0.1, -0.05) is 26.0 Å². The van der Waals surface area contributed by atoms with Gasteiger partial charge in [-0.3, -0.25) is 0 Å². The number of aryl methyl sites for hydroxylation is 1. The van der Waals surface area contributed by atoms with Crippen LogP contribution in [0, 0.1) is 0 Å². The molecule has 2 aromatic rings. The fraction of sp³-hybridized carbons (Fsp3) is 0.565. The number of benzene rings is 1. The standard InChI is InChI=1S/C23H31N5/c1-3-24-13-17-5-4-6-19-21(17)23(9-11-25-12-10-23)14-28(19)22-20-16(2)7-8-18(20)26-15-27-22/h4-6,15-16,24-25H,3,7-14H2,1-2H3. The Kier molecular flexibility index (Phi) is 4.60. The third-order valence-corrected chi connectivity index (χ3v) is 7.04. The zero-order chi connectivity index (χ0) is 19.1. The number of nitrogens with zero attached hydrogens (tertiary/aromatic N) is 3. The maximum atomic E-state index is 4.84. The molecule has 1 fully saturated rings. The van der Waals surface area contributed by atoms with Gasteiger partial charge in [0.1, 0.15) is 12.1 Å². The fourth-order valence-corrected chi connectivity index (χ4v) is 5.64. The Balaban J connectivity index is 1.65. The number of hydrogen-bond acceptors (Lipinski definition) is 5. The highest BCUT2D eigenvalue weighted by Gasteiger charge is 2.46. The van der Waals surface area contributed by atoms with Crippen molar-refractivity contribution in [2.75, 3.05) is 31.1 Å². The van der Waals surface area contributed by atoms with Crippen LogP contribution in [0.25, 0.3) is 0 Å². The molecule has 0 amide bonds. The predicted molar refractivity (Wildman–Crippen MR) is 113 cm³/mol. The van der Waals surface area contributed by atoms with E-state index in [0.717, 1.165) is 45.0 Å². The van der Waals surface area contributed by atoms with Crippen LogP contribution in [0.4, 0.5) is 11.5 Å². The summed E-state index contributed by atoms with van der Waals surface area (Å²) in [5, 5.41) is 7.13. The van der Waals surface area contributed by atoms with E-state index >= 15 is 0 Å². The molecule has 1 spiro atoms. The van der Waals surface area contributed by atoms with Gasteiger partial charge in [-0.25, -0.2) is 9.97 Å². The third kappa shape index (κ3) is 2.75. The van der Waals surface area contributed by atoms with Gasteiger partial charge in [0.2, 0.25) is 0 Å². The smallest absolute Gasteiger partial charge is 0.140 e. The Labute approximate surface area is 168 Å². The molecule has 3 aliphatic rings. The highest BCUT2D eigenvalue weighted by atomic mass is 15.2. The van der Waals surface area contributed by atoms with Crippen molar-refractivity contribution in [3.63, 3.8) is 0 Å². The molecule has 1 atom stereocenters. The van der Waals surface area contributed by atoms with Crippen molar-refractivity contribution in [3.8, 4) is 0 Å². The Morgan fingerprint density at radius 2 is 2.11 bits per heavy atom. The molecule has 0 bridgehead atoms. The van der Waals surface area contributed by atoms with Crippen molar-refractivity contribution in [2.45, 2.75) is 57.4 Å². The van der Waals surface area contributed by atoms with Gasteiger partial charge in [0.25, 0.3) is 0 Å². The van der Waals surface area contributed by atoms with E-state index in [-0.39, 0.29) is 5.41 Å². The zero-order valence-corrected chi connectivity index (χ0v) is 17.1. The average Bonchev–Trinajstić information content (AvgIpc) is 3.26. The summed E-state index contributed by atoms with van der Waals surface area (Å²) in [6.07, 6.45) is 6.45. The van der Waals surface area contributed by atoms with Gasteiger partial charge < -0.3 is 15.5 Å². The molecule has 0 radical (unpaired) electrons. The van der Waals surface area contributed by atoms with Gasteiger partial charge >= 0.3 is 0 Å². The molecule has 148 valence electrons. The van der Waals surface area contributed by atoms with Gasteiger partial charge in [0.15, 0.2) is 0 Å². The average molecular weight is 378 g/mol. The number of nitrogens with one attached hydrogen (secondary N) is 2. The lowest BCUT2D eigenvalue weighted by atomic mass is 9.73. The maximum absolute atomic E-state index is 4.84. The molecule has 1 saturated heterocycles. The molecule has 3 heterocycles. The van der Waals surface area contributed by atoms with Gasteiger partial charge in [-0.2, -0.15) is 0 Å². The Hall–Kier alpha value is -1.98. The van der Waals surface area contributed by atoms with Crippen LogP contribution in [0.15, 0.2) is 24.5 Å². The summed E-state index contributed by atoms with van der Waals surface area (Å²) in [6, 6.07) is 6.86. The first-order valence-corrected chi connectivity index (χ1v) is 10.9. The molecule has 0 saturated carbocycles. The van der Waals surface area contributed by atoms with Crippen molar-refractivity contribution >= 4 is 11.5 Å². The number of rotatable bonds is 4. The molecule has 5 nitrogen and oxygen atoms in total. The van der Waals surface area contributed by atoms with Crippen molar-refractivity contribution in [1.82, 2.24) is 20.6 Å². The molecular weight excluding hydrogens is 346 g/mol. The second-order valence-electron chi connectivity index (χ2n) is 8.71. The quantitative estimate of drug-likeness (QED) is 0.855. The summed E-state index contributed by atoms with van der Waals surface area (Å²) in [7, 11) is 0. The minimum absolute atomic E-state index is 0.228. The lowest BCUT2D eigenvalue weighted by molar-refractivity contribution is 0.327. The van der Waals surface area contributed by atoms with Crippen LogP contribution >= 0.6 is 0 Å². The van der Waals surface area contributed by atoms with Crippen LogP contribution in [0.1, 0.15) is 61.4 Å². The van der Waals surface area contributed by atoms with Gasteiger partial charge in [0, 0.05) is 35.4 Å². The van der Waals surface area contributed by atoms with E-state index in [2.05, 4.69) is 52.6 Å². The van der Waals surface area contributed by atoms with Crippen LogP contribution in [0.5, 0.6) is 0 Å². The Bertz CT molecular complexity index is 871. The van der Waals surface area contributed by atoms with Crippen molar-refractivity contribution in [3.05, 3.63) is 46.9 Å². The van der Waals surface area contributed by atoms with E-state index in [9.17, 15) is 0 Å². The first-order chi connectivity index (χ1) is 13.7. The molecule has 28 heavy (non-hydrogen) atoms. The Morgan fingerprint density at radius 1 is 1.25 bits per heavy atom. The van der Waals surface area contributed by atoms with Crippen molar-refractivity contribution in [1.29, 1.82) is 0 Å². The van der Waals surface area contributed by atoms with Gasteiger partial charge in [-0.15, -0.1) is 0 Å². The third-order valence-electron chi connectivity index (χ3n) is 7.04. The highest BCUT2D eigenvalue weighted by molar-refractivity contribution is 5.75. The van der Waals surface area contributed by atoms with E-state index < -0.39 is 0 Å². The predicted octanol–water partition coefficient (Wildman–Crippen LogP) is 3.41. The van der Waals surface area contributed by atoms with Gasteiger partial charge in [0.05, 0.1) is 0 Å². The highest BCUT2D eigenvalue weighted by Crippen LogP contribution is 2.51. The monoisotopic (exact) mass is 377 g/mol. The topological polar surface area (TPSA) is 53.1 Å². The molecule has 1 aromatic heterocycles. The summed E-state index contributed by atoms with van der Waals surface area (Å²) in [4.78, 5) is 12.0. The van der Waals surface area contributed by atoms with E-state index in [0.29, 0.717) is 5.92 Å². The second kappa shape index (κ2) is 7.12. The van der Waals surface area contributed by atoms with Crippen LogP contribution in [0.3, 0.4) is 0 Å². The number of fused-ring (bicyclic) bond motifs is 3. The molecule has 5 heteroatoms. The number of aromatic nitrogens is 2. The minimum Gasteiger partial charge on any atom is -0.325 e. The normalized spacial score (nSPS) is 22.5. The van der Waals surface area contributed by atoms with E-state index in [4.69, 9.17) is 4.98 Å². The summed E-state index contributed by atoms with van der Waals surface area (Å²) in [5.41, 5.74) is 7.27. The van der Waals surface area contributed by atoms with Gasteiger partial charge in [-0.05, 0) is 68.4 Å². The number of piperidine rings is 1. The fourth-order valence-electron chi connectivity index (χ4n) is 5.64. The van der Waals surface area contributed by atoms with Crippen molar-refractivity contribution < 1.29 is 0 Å². The molecule has 5 rings (SSSR count). The zero-order valence-electron chi connectivity index (χ0n) is 17.1. The lowest BCUT2D eigenvalue weighted by Gasteiger charge is -2.36. The lowest BCUT2D eigenvalue weighted by Crippen LogP contribution is -2.43. The number of anilines is 2. The summed E-state index contributed by atoms with van der Waals surface area (Å²) < 4.78 is 0. The summed E-state index contributed by atoms with van der Waals surface area (Å²) in [6.45, 7) is 9.70. The summed E-state index contributed by atoms with van der Waals surface area (Å²) in [5.74, 6) is 1.71. The van der Waals surface area contributed by atoms with E-state index in [1.54, 1.807) is 11.9 Å². The van der Waals surface area contributed by atoms with E-state index in [1.165, 1.54) is 41.8 Å². The SMILES string of the molecule is CCNCc1cccc2c1C1(CCNCC1)CN2c1ncnc2c1C(C)CC2. The Morgan fingerprint density at radius 3 is 2.93 bits per heavy atom. The largest absolute Gasteiger partial charge is 0.325 e. The van der Waals surface area contributed by atoms with Crippen LogP contribution in [0.2, 0.25) is 0 Å². The summed E-state index contributed by atoms with van der Waals surface area (Å²) >= 11 is 0. The van der Waals surface area contributed by atoms with Crippen LogP contribution in [-0.2, 0) is 18.4 Å². The first kappa shape index (κ1) is 18.1. The molecule has 1 aromatic carbocycles.